The average molecular weight is 507 g/mol. The smallest absolute Gasteiger partial charge is 0.300 e. The van der Waals surface area contributed by atoms with E-state index >= 15 is 0 Å². The van der Waals surface area contributed by atoms with Gasteiger partial charge in [0.15, 0.2) is 0 Å². The number of rotatable bonds is 6. The van der Waals surface area contributed by atoms with Gasteiger partial charge >= 0.3 is 0 Å². The molecule has 0 spiro atoms. The maximum absolute atomic E-state index is 9.00. The first kappa shape index (κ1) is 48.2. The normalized spacial score (nSPS) is 7.59. The third-order valence-corrected chi connectivity index (χ3v) is 1.34. The van der Waals surface area contributed by atoms with Crippen molar-refractivity contribution in [1.29, 1.82) is 0 Å². The van der Waals surface area contributed by atoms with Gasteiger partial charge in [0.05, 0.1) is 0 Å². The molecular formula is C18H42N4O12. The molecule has 0 fully saturated rings. The van der Waals surface area contributed by atoms with Crippen LogP contribution in [0.2, 0.25) is 0 Å². The van der Waals surface area contributed by atoms with Gasteiger partial charge in [0.1, 0.15) is 0 Å². The minimum absolute atomic E-state index is 0.681. The number of aliphatic carboxylic acids is 6. The van der Waals surface area contributed by atoms with Gasteiger partial charge in [0.2, 0.25) is 0 Å². The molecule has 0 aliphatic rings. The molecule has 206 valence electrons. The van der Waals surface area contributed by atoms with Gasteiger partial charge in [-0.3, -0.25) is 33.7 Å². The first-order valence-electron chi connectivity index (χ1n) is 9.24. The Bertz CT molecular complexity index is 386. The van der Waals surface area contributed by atoms with E-state index in [2.05, 4.69) is 4.90 Å². The molecular weight excluding hydrogens is 464 g/mol. The molecule has 0 atom stereocenters. The SMILES string of the molecule is CC(=O)O.CC(=O)O.CC(=O)O.CC(=O)O.CC(=O)O.CC(=O)O.NCCN(CCN)CCN. The van der Waals surface area contributed by atoms with E-state index in [1.54, 1.807) is 0 Å². The second-order valence-corrected chi connectivity index (χ2v) is 5.32. The first-order chi connectivity index (χ1) is 15.2. The molecule has 0 saturated heterocycles. The molecule has 0 saturated carbocycles. The molecule has 16 nitrogen and oxygen atoms in total. The number of nitrogens with two attached hydrogens (primary N) is 3. The van der Waals surface area contributed by atoms with Crippen LogP contribution in [0.5, 0.6) is 0 Å². The molecule has 0 radical (unpaired) electrons. The Kier molecular flexibility index (Phi) is 61.7. The lowest BCUT2D eigenvalue weighted by Crippen LogP contribution is -2.37. The van der Waals surface area contributed by atoms with Gasteiger partial charge in [-0.1, -0.05) is 0 Å². The van der Waals surface area contributed by atoms with E-state index in [4.69, 9.17) is 76.6 Å². The number of carboxylic acid groups (broad SMARTS) is 6. The Hall–Kier alpha value is -3.34. The summed E-state index contributed by atoms with van der Waals surface area (Å²) in [5, 5.41) is 44.5. The Labute approximate surface area is 198 Å². The van der Waals surface area contributed by atoms with E-state index in [1.165, 1.54) is 0 Å². The van der Waals surface area contributed by atoms with Crippen molar-refractivity contribution in [2.45, 2.75) is 41.5 Å². The summed E-state index contributed by atoms with van der Waals surface area (Å²) in [5.41, 5.74) is 16.1. The third-order valence-electron chi connectivity index (χ3n) is 1.34. The first-order valence-corrected chi connectivity index (χ1v) is 9.24. The highest BCUT2D eigenvalue weighted by Crippen LogP contribution is 1.81. The van der Waals surface area contributed by atoms with E-state index in [9.17, 15) is 0 Å². The monoisotopic (exact) mass is 506 g/mol. The van der Waals surface area contributed by atoms with Crippen molar-refractivity contribution >= 4 is 35.8 Å². The van der Waals surface area contributed by atoms with Gasteiger partial charge in [-0.15, -0.1) is 0 Å². The lowest BCUT2D eigenvalue weighted by Gasteiger charge is -2.18. The second kappa shape index (κ2) is 43.5. The molecule has 12 N–H and O–H groups in total. The lowest BCUT2D eigenvalue weighted by molar-refractivity contribution is -0.135. The molecule has 0 aliphatic carbocycles. The third kappa shape index (κ3) is 684. The molecule has 0 bridgehead atoms. The summed E-state index contributed by atoms with van der Waals surface area (Å²) >= 11 is 0. The standard InChI is InChI=1S/C6H18N4.6C2H4O2/c7-1-4-10(5-2-8)6-3-9;6*1-2(3)4/h1-9H2;6*1H3,(H,3,4). The zero-order valence-electron chi connectivity index (χ0n) is 20.6. The molecule has 0 aromatic heterocycles. The number of nitrogens with zero attached hydrogens (tertiary/aromatic N) is 1. The van der Waals surface area contributed by atoms with Gasteiger partial charge in [-0.25, -0.2) is 0 Å². The van der Waals surface area contributed by atoms with Gasteiger partial charge in [-0.05, 0) is 0 Å². The van der Waals surface area contributed by atoms with Crippen LogP contribution in [0.15, 0.2) is 0 Å². The molecule has 0 heterocycles. The van der Waals surface area contributed by atoms with Crippen LogP contribution < -0.4 is 17.2 Å². The molecule has 0 rings (SSSR count). The van der Waals surface area contributed by atoms with E-state index in [-0.39, 0.29) is 0 Å². The molecule has 0 aliphatic heterocycles. The number of hydrogen-bond donors (Lipinski definition) is 9. The summed E-state index contributed by atoms with van der Waals surface area (Å²) in [6, 6.07) is 0. The number of hydrogen-bond acceptors (Lipinski definition) is 10. The highest BCUT2D eigenvalue weighted by molar-refractivity contribution is 5.64. The van der Waals surface area contributed by atoms with Crippen molar-refractivity contribution < 1.29 is 59.4 Å². The maximum atomic E-state index is 9.00. The van der Waals surface area contributed by atoms with Crippen molar-refractivity contribution in [2.75, 3.05) is 39.3 Å². The topological polar surface area (TPSA) is 305 Å². The minimum atomic E-state index is -0.833. The van der Waals surface area contributed by atoms with Crippen LogP contribution in [-0.4, -0.2) is 111 Å². The summed E-state index contributed by atoms with van der Waals surface area (Å²) < 4.78 is 0. The summed E-state index contributed by atoms with van der Waals surface area (Å²) in [4.78, 5) is 56.2. The van der Waals surface area contributed by atoms with Gasteiger partial charge in [0.25, 0.3) is 35.8 Å². The van der Waals surface area contributed by atoms with Crippen LogP contribution in [0.4, 0.5) is 0 Å². The molecule has 0 unspecified atom stereocenters. The van der Waals surface area contributed by atoms with Gasteiger partial charge in [0, 0.05) is 80.8 Å². The van der Waals surface area contributed by atoms with Crippen molar-refractivity contribution in [3.05, 3.63) is 0 Å². The largest absolute Gasteiger partial charge is 0.481 e. The van der Waals surface area contributed by atoms with Crippen molar-refractivity contribution in [3.8, 4) is 0 Å². The molecule has 0 aromatic rings. The Balaban J connectivity index is -0.0000000526. The number of carbonyl (C=O) groups is 6. The molecule has 0 aromatic carbocycles. The fourth-order valence-electron chi connectivity index (χ4n) is 0.883. The second-order valence-electron chi connectivity index (χ2n) is 5.32. The number of carboxylic acids is 6. The highest BCUT2D eigenvalue weighted by Gasteiger charge is 1.98. The molecule has 34 heavy (non-hydrogen) atoms. The predicted octanol–water partition coefficient (Wildman–Crippen LogP) is -1.29. The Morgan fingerprint density at radius 3 is 0.588 bits per heavy atom. The average Bonchev–Trinajstić information content (AvgIpc) is 2.52. The van der Waals surface area contributed by atoms with E-state index in [0.717, 1.165) is 61.2 Å². The summed E-state index contributed by atoms with van der Waals surface area (Å²) in [7, 11) is 0. The van der Waals surface area contributed by atoms with Crippen molar-refractivity contribution in [3.63, 3.8) is 0 Å². The van der Waals surface area contributed by atoms with E-state index < -0.39 is 35.8 Å². The summed E-state index contributed by atoms with van der Waals surface area (Å²) in [6.07, 6.45) is 0. The summed E-state index contributed by atoms with van der Waals surface area (Å²) in [5.74, 6) is -5.00. The quantitative estimate of drug-likeness (QED) is 0.202. The van der Waals surface area contributed by atoms with Crippen molar-refractivity contribution in [1.82, 2.24) is 4.90 Å². The van der Waals surface area contributed by atoms with Crippen LogP contribution in [0.25, 0.3) is 0 Å². The Morgan fingerprint density at radius 1 is 0.441 bits per heavy atom. The summed E-state index contributed by atoms with van der Waals surface area (Å²) in [6.45, 7) is 11.2. The molecule has 16 heteroatoms. The predicted molar refractivity (Wildman–Crippen MR) is 123 cm³/mol. The maximum Gasteiger partial charge on any atom is 0.300 e. The lowest BCUT2D eigenvalue weighted by atomic mass is 10.4. The van der Waals surface area contributed by atoms with E-state index in [0.29, 0.717) is 19.6 Å². The van der Waals surface area contributed by atoms with Crippen LogP contribution in [-0.2, 0) is 28.8 Å². The minimum Gasteiger partial charge on any atom is -0.481 e. The van der Waals surface area contributed by atoms with E-state index in [1.807, 2.05) is 0 Å². The van der Waals surface area contributed by atoms with Crippen LogP contribution in [0, 0.1) is 0 Å². The highest BCUT2D eigenvalue weighted by atomic mass is 16.4. The van der Waals surface area contributed by atoms with Crippen LogP contribution >= 0.6 is 0 Å². The van der Waals surface area contributed by atoms with Crippen molar-refractivity contribution in [2.24, 2.45) is 17.2 Å². The zero-order valence-corrected chi connectivity index (χ0v) is 20.6. The fraction of sp³-hybridized carbons (Fsp3) is 0.667. The van der Waals surface area contributed by atoms with Crippen LogP contribution in [0.3, 0.4) is 0 Å². The fourth-order valence-corrected chi connectivity index (χ4v) is 0.883. The molecule has 0 amide bonds. The zero-order chi connectivity index (χ0) is 29.3. The Morgan fingerprint density at radius 2 is 0.529 bits per heavy atom. The van der Waals surface area contributed by atoms with Gasteiger partial charge in [-0.2, -0.15) is 0 Å². The van der Waals surface area contributed by atoms with Gasteiger partial charge < -0.3 is 47.8 Å². The van der Waals surface area contributed by atoms with Crippen LogP contribution in [0.1, 0.15) is 41.5 Å².